The van der Waals surface area contributed by atoms with Gasteiger partial charge in [-0.05, 0) is 28.4 Å². The first-order valence-corrected chi connectivity index (χ1v) is 7.15. The molecule has 0 unspecified atom stereocenters. The zero-order valence-corrected chi connectivity index (χ0v) is 13.0. The number of rotatable bonds is 5. The van der Waals surface area contributed by atoms with Crippen LogP contribution in [0.2, 0.25) is 5.02 Å². The Bertz CT molecular complexity index is 612. The van der Waals surface area contributed by atoms with E-state index >= 15 is 0 Å². The smallest absolute Gasteiger partial charge is 0.224 e. The molecule has 1 N–H and O–H groups in total. The van der Waals surface area contributed by atoms with Crippen molar-refractivity contribution in [1.29, 1.82) is 0 Å². The van der Waals surface area contributed by atoms with E-state index in [1.807, 2.05) is 0 Å². The summed E-state index contributed by atoms with van der Waals surface area (Å²) in [5, 5.41) is 3.14. The molecule has 20 heavy (non-hydrogen) atoms. The van der Waals surface area contributed by atoms with Crippen molar-refractivity contribution < 1.29 is 9.13 Å². The number of nitrogens with one attached hydrogen (secondary N) is 1. The third kappa shape index (κ3) is 3.80. The van der Waals surface area contributed by atoms with E-state index in [1.54, 1.807) is 6.07 Å². The van der Waals surface area contributed by atoms with Crippen LogP contribution in [0.3, 0.4) is 0 Å². The molecule has 7 heteroatoms. The molecule has 1 aromatic heterocycles. The Kier molecular flexibility index (Phi) is 5.14. The van der Waals surface area contributed by atoms with Crippen molar-refractivity contribution in [1.82, 2.24) is 9.97 Å². The first-order chi connectivity index (χ1) is 9.60. The van der Waals surface area contributed by atoms with Gasteiger partial charge in [-0.25, -0.2) is 14.4 Å². The lowest BCUT2D eigenvalue weighted by molar-refractivity contribution is 0.454. The van der Waals surface area contributed by atoms with Crippen molar-refractivity contribution >= 4 is 33.3 Å². The van der Waals surface area contributed by atoms with Crippen LogP contribution < -0.4 is 10.1 Å². The number of halogens is 3. The lowest BCUT2D eigenvalue weighted by Crippen LogP contribution is -2.02. The molecular weight excluding hydrogens is 349 g/mol. The van der Waals surface area contributed by atoms with Gasteiger partial charge in [0, 0.05) is 18.7 Å². The van der Waals surface area contributed by atoms with Gasteiger partial charge in [0.2, 0.25) is 5.88 Å². The topological polar surface area (TPSA) is 47.0 Å². The first-order valence-electron chi connectivity index (χ1n) is 5.98. The number of hydrogen-bond donors (Lipinski definition) is 1. The fraction of sp³-hybridized carbons (Fsp3) is 0.231. The highest BCUT2D eigenvalue weighted by atomic mass is 79.9. The Labute approximate surface area is 129 Å². The van der Waals surface area contributed by atoms with Gasteiger partial charge in [-0.2, -0.15) is 0 Å². The third-order valence-corrected chi connectivity index (χ3v) is 3.30. The summed E-state index contributed by atoms with van der Waals surface area (Å²) in [7, 11) is 0. The lowest BCUT2D eigenvalue weighted by atomic mass is 10.3. The Hall–Kier alpha value is -1.40. The molecular formula is C13H12BrClFN3O. The van der Waals surface area contributed by atoms with Crippen LogP contribution in [0.1, 0.15) is 13.3 Å². The van der Waals surface area contributed by atoms with Gasteiger partial charge >= 0.3 is 0 Å². The third-order valence-electron chi connectivity index (χ3n) is 2.39. The van der Waals surface area contributed by atoms with E-state index in [1.165, 1.54) is 18.5 Å². The number of nitrogens with zero attached hydrogens (tertiary/aromatic N) is 2. The molecule has 0 spiro atoms. The van der Waals surface area contributed by atoms with Crippen molar-refractivity contribution in [3.05, 3.63) is 39.8 Å². The van der Waals surface area contributed by atoms with Gasteiger partial charge in [-0.15, -0.1) is 0 Å². The molecule has 0 bridgehead atoms. The molecule has 0 saturated carbocycles. The quantitative estimate of drug-likeness (QED) is 0.789. The van der Waals surface area contributed by atoms with Crippen molar-refractivity contribution in [2.75, 3.05) is 11.9 Å². The SMILES string of the molecule is CCCNc1cc(Oc2cc(F)c(Cl)cc2Br)ncn1. The summed E-state index contributed by atoms with van der Waals surface area (Å²) < 4.78 is 19.5. The van der Waals surface area contributed by atoms with Crippen LogP contribution in [-0.2, 0) is 0 Å². The second-order valence-corrected chi connectivity index (χ2v) is 5.23. The van der Waals surface area contributed by atoms with Crippen molar-refractivity contribution in [2.24, 2.45) is 0 Å². The highest BCUT2D eigenvalue weighted by Crippen LogP contribution is 2.33. The van der Waals surface area contributed by atoms with Crippen molar-refractivity contribution in [2.45, 2.75) is 13.3 Å². The van der Waals surface area contributed by atoms with Crippen molar-refractivity contribution in [3.63, 3.8) is 0 Å². The summed E-state index contributed by atoms with van der Waals surface area (Å²) in [4.78, 5) is 8.05. The zero-order chi connectivity index (χ0) is 14.5. The molecule has 106 valence electrons. The van der Waals surface area contributed by atoms with Gasteiger partial charge in [0.15, 0.2) is 0 Å². The minimum absolute atomic E-state index is 0.0252. The van der Waals surface area contributed by atoms with Crippen LogP contribution in [0.4, 0.5) is 10.2 Å². The highest BCUT2D eigenvalue weighted by Gasteiger charge is 2.10. The first kappa shape index (κ1) is 15.0. The van der Waals surface area contributed by atoms with Crippen molar-refractivity contribution in [3.8, 4) is 11.6 Å². The van der Waals surface area contributed by atoms with E-state index in [0.717, 1.165) is 13.0 Å². The molecule has 0 fully saturated rings. The standard InChI is InChI=1S/C13H12BrClFN3O/c1-2-3-17-12-6-13(19-7-18-12)20-11-5-10(16)9(15)4-8(11)14/h4-7H,2-3H2,1H3,(H,17,18,19). The van der Waals surface area contributed by atoms with Crippen LogP contribution in [0.5, 0.6) is 11.6 Å². The average molecular weight is 361 g/mol. The summed E-state index contributed by atoms with van der Waals surface area (Å²) in [5.41, 5.74) is 0. The zero-order valence-electron chi connectivity index (χ0n) is 10.7. The van der Waals surface area contributed by atoms with Crippen LogP contribution in [-0.4, -0.2) is 16.5 Å². The van der Waals surface area contributed by atoms with Crippen LogP contribution >= 0.6 is 27.5 Å². The largest absolute Gasteiger partial charge is 0.438 e. The summed E-state index contributed by atoms with van der Waals surface area (Å²) in [6.07, 6.45) is 2.36. The molecule has 0 saturated heterocycles. The predicted octanol–water partition coefficient (Wildman–Crippen LogP) is 4.65. The second kappa shape index (κ2) is 6.85. The fourth-order valence-electron chi connectivity index (χ4n) is 1.44. The molecule has 1 heterocycles. The second-order valence-electron chi connectivity index (χ2n) is 3.97. The minimum Gasteiger partial charge on any atom is -0.438 e. The number of aromatic nitrogens is 2. The Morgan fingerprint density at radius 2 is 2.15 bits per heavy atom. The minimum atomic E-state index is -0.553. The van der Waals surface area contributed by atoms with Gasteiger partial charge in [0.05, 0.1) is 9.50 Å². The maximum Gasteiger partial charge on any atom is 0.224 e. The van der Waals surface area contributed by atoms with E-state index in [4.69, 9.17) is 16.3 Å². The normalized spacial score (nSPS) is 10.4. The highest BCUT2D eigenvalue weighted by molar-refractivity contribution is 9.10. The molecule has 0 aliphatic carbocycles. The molecule has 0 aliphatic heterocycles. The molecule has 2 rings (SSSR count). The Balaban J connectivity index is 2.19. The monoisotopic (exact) mass is 359 g/mol. The summed E-state index contributed by atoms with van der Waals surface area (Å²) in [6.45, 7) is 2.86. The number of ether oxygens (including phenoxy) is 1. The number of hydrogen-bond acceptors (Lipinski definition) is 4. The Morgan fingerprint density at radius 1 is 1.35 bits per heavy atom. The maximum absolute atomic E-state index is 13.4. The fourth-order valence-corrected chi connectivity index (χ4v) is 2.16. The molecule has 1 aromatic carbocycles. The van der Waals surface area contributed by atoms with Crippen LogP contribution in [0.15, 0.2) is 29.0 Å². The number of benzene rings is 1. The Morgan fingerprint density at radius 3 is 2.90 bits per heavy atom. The maximum atomic E-state index is 13.4. The summed E-state index contributed by atoms with van der Waals surface area (Å²) in [5.74, 6) is 0.721. The molecule has 0 radical (unpaired) electrons. The average Bonchev–Trinajstić information content (AvgIpc) is 2.43. The van der Waals surface area contributed by atoms with Crippen LogP contribution in [0, 0.1) is 5.82 Å². The molecule has 0 aliphatic rings. The molecule has 0 amide bonds. The lowest BCUT2D eigenvalue weighted by Gasteiger charge is -2.09. The van der Waals surface area contributed by atoms with E-state index in [2.05, 4.69) is 38.1 Å². The summed E-state index contributed by atoms with van der Waals surface area (Å²) >= 11 is 8.94. The molecule has 0 atom stereocenters. The molecule has 2 aromatic rings. The molecule has 4 nitrogen and oxygen atoms in total. The van der Waals surface area contributed by atoms with Crippen LogP contribution in [0.25, 0.3) is 0 Å². The van der Waals surface area contributed by atoms with Gasteiger partial charge in [0.1, 0.15) is 23.7 Å². The van der Waals surface area contributed by atoms with Gasteiger partial charge < -0.3 is 10.1 Å². The van der Waals surface area contributed by atoms with Gasteiger partial charge in [0.25, 0.3) is 0 Å². The van der Waals surface area contributed by atoms with Gasteiger partial charge in [-0.3, -0.25) is 0 Å². The van der Waals surface area contributed by atoms with E-state index in [0.29, 0.717) is 21.9 Å². The number of anilines is 1. The van der Waals surface area contributed by atoms with E-state index in [9.17, 15) is 4.39 Å². The van der Waals surface area contributed by atoms with E-state index < -0.39 is 5.82 Å². The van der Waals surface area contributed by atoms with Gasteiger partial charge in [-0.1, -0.05) is 18.5 Å². The van der Waals surface area contributed by atoms with E-state index in [-0.39, 0.29) is 5.02 Å². The summed E-state index contributed by atoms with van der Waals surface area (Å²) in [6, 6.07) is 4.28. The predicted molar refractivity (Wildman–Crippen MR) is 80.0 cm³/mol.